The number of hydrogen-bond donors (Lipinski definition) is 0. The normalized spacial score (nSPS) is 9.46. The molecule has 84 heavy (non-hydrogen) atoms. The quantitative estimate of drug-likeness (QED) is 0.139. The van der Waals surface area contributed by atoms with Gasteiger partial charge in [0.2, 0.25) is 0 Å². The van der Waals surface area contributed by atoms with Gasteiger partial charge in [-0.3, -0.25) is 29.9 Å². The van der Waals surface area contributed by atoms with Crippen LogP contribution < -0.4 is 0 Å². The molecule has 0 N–H and O–H groups in total. The molecule has 9 aromatic rings. The van der Waals surface area contributed by atoms with Crippen molar-refractivity contribution in [3.8, 4) is 0 Å². The van der Waals surface area contributed by atoms with Gasteiger partial charge < -0.3 is 0 Å². The maximum atomic E-state index is 4.18. The summed E-state index contributed by atoms with van der Waals surface area (Å²) in [5.41, 5.74) is 7.97. The van der Waals surface area contributed by atoms with E-state index < -0.39 is 0 Å². The van der Waals surface area contributed by atoms with Gasteiger partial charge in [0.15, 0.2) is 0 Å². The first-order chi connectivity index (χ1) is 37.2. The molecule has 0 aliphatic heterocycles. The summed E-state index contributed by atoms with van der Waals surface area (Å²) in [6, 6.07) is 32.7. The lowest BCUT2D eigenvalue weighted by Gasteiger charge is -2.01. The molecule has 12 heteroatoms. The van der Waals surface area contributed by atoms with Crippen molar-refractivity contribution in [2.75, 3.05) is 0 Å². The first-order valence-corrected chi connectivity index (χ1v) is 30.0. The molecular formula is C72H117N9S3. The number of hydrogen-bond acceptors (Lipinski definition) is 12. The highest BCUT2D eigenvalue weighted by molar-refractivity contribution is 7.10. The van der Waals surface area contributed by atoms with E-state index in [1.807, 2.05) is 108 Å². The van der Waals surface area contributed by atoms with Crippen LogP contribution >= 0.6 is 34.0 Å². The topological polar surface area (TPSA) is 116 Å². The predicted molar refractivity (Wildman–Crippen MR) is 379 cm³/mol. The number of aromatic nitrogens is 9. The Kier molecular flexibility index (Phi) is 58.0. The van der Waals surface area contributed by atoms with Gasteiger partial charge in [0.1, 0.15) is 5.82 Å². The van der Waals surface area contributed by atoms with E-state index in [0.717, 1.165) is 22.9 Å². The van der Waals surface area contributed by atoms with Crippen molar-refractivity contribution in [3.05, 3.63) is 230 Å². The molecule has 9 nitrogen and oxygen atoms in total. The zero-order valence-corrected chi connectivity index (χ0v) is 52.7. The van der Waals surface area contributed by atoms with Crippen LogP contribution in [0.4, 0.5) is 0 Å². The molecule has 0 aliphatic carbocycles. The molecule has 0 aliphatic rings. The molecule has 0 bridgehead atoms. The molecule has 1 aromatic carbocycles. The van der Waals surface area contributed by atoms with E-state index in [1.54, 1.807) is 59.9 Å². The van der Waals surface area contributed by atoms with Crippen molar-refractivity contribution in [2.24, 2.45) is 0 Å². The van der Waals surface area contributed by atoms with Crippen LogP contribution in [-0.2, 0) is 0 Å². The summed E-state index contributed by atoms with van der Waals surface area (Å²) < 4.78 is 0. The summed E-state index contributed by atoms with van der Waals surface area (Å²) in [4.78, 5) is 39.5. The fourth-order valence-electron chi connectivity index (χ4n) is 5.86. The average Bonchev–Trinajstić information content (AvgIpc) is 4.31. The maximum absolute atomic E-state index is 4.18. The van der Waals surface area contributed by atoms with E-state index in [4.69, 9.17) is 0 Å². The third-order valence-electron chi connectivity index (χ3n) is 10.7. The molecular weight excluding hydrogens is 1090 g/mol. The number of nitrogens with zero attached hydrogens (tertiary/aromatic N) is 9. The van der Waals surface area contributed by atoms with Gasteiger partial charge >= 0.3 is 0 Å². The van der Waals surface area contributed by atoms with Crippen LogP contribution in [-0.4, -0.2) is 44.9 Å². The van der Waals surface area contributed by atoms with Gasteiger partial charge in [-0.05, 0) is 100 Å². The summed E-state index contributed by atoms with van der Waals surface area (Å²) in [5.74, 6) is 6.12. The fourth-order valence-corrected chi connectivity index (χ4v) is 7.89. The van der Waals surface area contributed by atoms with Crippen LogP contribution in [0.15, 0.2) is 181 Å². The minimum Gasteiger partial charge on any atom is -0.264 e. The number of benzene rings is 1. The predicted octanol–water partition coefficient (Wildman–Crippen LogP) is 23.8. The van der Waals surface area contributed by atoms with Crippen LogP contribution in [0.1, 0.15) is 271 Å². The lowest BCUT2D eigenvalue weighted by molar-refractivity contribution is 0.774. The molecule has 0 unspecified atom stereocenters. The van der Waals surface area contributed by atoms with Gasteiger partial charge in [-0.2, -0.15) is 0 Å². The van der Waals surface area contributed by atoms with E-state index in [2.05, 4.69) is 217 Å². The van der Waals surface area contributed by atoms with E-state index in [1.165, 1.54) is 25.9 Å². The summed E-state index contributed by atoms with van der Waals surface area (Å²) >= 11 is 5.27. The van der Waals surface area contributed by atoms with E-state index >= 15 is 0 Å². The Morgan fingerprint density at radius 1 is 0.274 bits per heavy atom. The van der Waals surface area contributed by atoms with Crippen molar-refractivity contribution < 1.29 is 0 Å². The Balaban J connectivity index is -0.000000202. The first-order valence-electron chi connectivity index (χ1n) is 27.3. The Labute approximate surface area is 528 Å². The lowest BCUT2D eigenvalue weighted by Crippen LogP contribution is -1.93. The third-order valence-corrected chi connectivity index (χ3v) is 14.1. The molecule has 0 spiro atoms. The van der Waals surface area contributed by atoms with Gasteiger partial charge in [0.25, 0.3) is 0 Å². The van der Waals surface area contributed by atoms with Crippen molar-refractivity contribution in [1.82, 2.24) is 44.9 Å². The van der Waals surface area contributed by atoms with Crippen molar-refractivity contribution >= 4 is 34.0 Å². The molecule has 0 radical (unpaired) electrons. The van der Waals surface area contributed by atoms with Crippen molar-refractivity contribution in [2.45, 2.75) is 222 Å². The second-order valence-corrected chi connectivity index (χ2v) is 23.4. The van der Waals surface area contributed by atoms with Gasteiger partial charge in [0, 0.05) is 107 Å². The molecule has 9 rings (SSSR count). The molecule has 8 heterocycles. The summed E-state index contributed by atoms with van der Waals surface area (Å²) in [7, 11) is 0. The van der Waals surface area contributed by atoms with Gasteiger partial charge in [0.05, 0.1) is 16.2 Å². The largest absolute Gasteiger partial charge is 0.264 e. The molecule has 8 aromatic heterocycles. The highest BCUT2D eigenvalue weighted by Crippen LogP contribution is 2.20. The van der Waals surface area contributed by atoms with Crippen LogP contribution in [0.3, 0.4) is 0 Å². The molecule has 0 fully saturated rings. The summed E-state index contributed by atoms with van der Waals surface area (Å²) in [6.07, 6.45) is 19.9. The van der Waals surface area contributed by atoms with Crippen LogP contribution in [0.2, 0.25) is 0 Å². The molecule has 0 saturated heterocycles. The third kappa shape index (κ3) is 43.4. The van der Waals surface area contributed by atoms with Crippen molar-refractivity contribution in [3.63, 3.8) is 0 Å². The smallest absolute Gasteiger partial charge is 0.130 e. The molecule has 0 atom stereocenters. The molecule has 468 valence electrons. The minimum atomic E-state index is 0. The summed E-state index contributed by atoms with van der Waals surface area (Å²) in [6.45, 7) is 38.7. The maximum Gasteiger partial charge on any atom is 0.130 e. The number of pyridine rings is 3. The fraction of sp³-hybridized carbons (Fsp3) is 0.458. The van der Waals surface area contributed by atoms with E-state index in [-0.39, 0.29) is 44.6 Å². The Hall–Kier alpha value is -6.21. The van der Waals surface area contributed by atoms with Crippen molar-refractivity contribution in [1.29, 1.82) is 0 Å². The monoisotopic (exact) mass is 1200 g/mol. The average molecular weight is 1200 g/mol. The number of rotatable bonds is 9. The van der Waals surface area contributed by atoms with Crippen LogP contribution in [0.5, 0.6) is 0 Å². The van der Waals surface area contributed by atoms with E-state index in [0.29, 0.717) is 53.3 Å². The Morgan fingerprint density at radius 3 is 1.01 bits per heavy atom. The zero-order chi connectivity index (χ0) is 58.1. The van der Waals surface area contributed by atoms with Gasteiger partial charge in [-0.1, -0.05) is 224 Å². The highest BCUT2D eigenvalue weighted by atomic mass is 32.1. The zero-order valence-electron chi connectivity index (χ0n) is 50.3. The first kappa shape index (κ1) is 89.0. The SMILES string of the molecule is C.C.C.C.C.C.CC(C)c1ccccc1.CC(C)c1ccccn1.CC(C)c1ccccn1.CC(C)c1cccnc1.CC(C)c1cccs1.CC(C)c1cnccn1.CC(C)c1cncs1.CC(C)c1ncccn1.CC(C)c1nccs1. The second kappa shape index (κ2) is 54.7. The minimum absolute atomic E-state index is 0. The Bertz CT molecular complexity index is 2200. The Morgan fingerprint density at radius 2 is 0.762 bits per heavy atom. The number of thiophene rings is 1. The molecule has 0 saturated carbocycles. The summed E-state index contributed by atoms with van der Waals surface area (Å²) in [5, 5.41) is 5.36. The van der Waals surface area contributed by atoms with Gasteiger partial charge in [-0.15, -0.1) is 34.0 Å². The van der Waals surface area contributed by atoms with E-state index in [9.17, 15) is 0 Å². The van der Waals surface area contributed by atoms with Crippen LogP contribution in [0.25, 0.3) is 0 Å². The van der Waals surface area contributed by atoms with Crippen LogP contribution in [0, 0.1) is 0 Å². The van der Waals surface area contributed by atoms with Gasteiger partial charge in [-0.25, -0.2) is 15.0 Å². The highest BCUT2D eigenvalue weighted by Gasteiger charge is 2.01. The standard InChI is InChI=1S/C9H12.3C8H11N.2C7H10N2.C7H10S.2C6H9NS.6CH4/c1-8(2)9-6-4-3-5-7-9;1-7(2)8-4-3-5-9-6-8;2*1-7(2)8-5-3-4-6-9-8;1-6(2)7-5-8-3-4-9-7;1-6(2)7-8-4-3-5-9-7;1-6(2)7-4-3-5-8-7;1-5(2)6-3-7-4-8-6;1-5(2)6-7-3-4-8-6;;;;;;/h3-8H,1-2H3;3*3-7H,1-2H3;2*3-6H,1-2H3;3-6H,1-2H3;2*3-5H,1-2H3;6*1H4. The number of thiazole rings is 2. The lowest BCUT2D eigenvalue weighted by atomic mass is 10.0. The molecule has 0 amide bonds. The second-order valence-electron chi connectivity index (χ2n) is 20.6.